The number of benzene rings is 1. The van der Waals surface area contributed by atoms with Gasteiger partial charge in [0.15, 0.2) is 0 Å². The van der Waals surface area contributed by atoms with Gasteiger partial charge >= 0.3 is 0 Å². The molecule has 1 aromatic heterocycles. The molecule has 0 spiro atoms. The van der Waals surface area contributed by atoms with Crippen LogP contribution in [0.5, 0.6) is 5.75 Å². The van der Waals surface area contributed by atoms with E-state index in [2.05, 4.69) is 15.0 Å². The number of hydrogen-bond acceptors (Lipinski definition) is 5. The van der Waals surface area contributed by atoms with Crippen LogP contribution in [0.3, 0.4) is 0 Å². The average molecular weight is 407 g/mol. The summed E-state index contributed by atoms with van der Waals surface area (Å²) in [5, 5.41) is 2.82. The lowest BCUT2D eigenvalue weighted by Crippen LogP contribution is -2.33. The zero-order valence-corrected chi connectivity index (χ0v) is 16.7. The van der Waals surface area contributed by atoms with Gasteiger partial charge in [-0.1, -0.05) is 12.8 Å². The minimum atomic E-state index is -3.76. The van der Waals surface area contributed by atoms with Gasteiger partial charge in [0.2, 0.25) is 10.0 Å². The molecule has 8 nitrogen and oxygen atoms in total. The van der Waals surface area contributed by atoms with E-state index < -0.39 is 10.0 Å². The molecule has 0 aliphatic heterocycles. The van der Waals surface area contributed by atoms with Crippen molar-refractivity contribution < 1.29 is 17.9 Å². The smallest absolute Gasteiger partial charge is 0.251 e. The summed E-state index contributed by atoms with van der Waals surface area (Å²) in [5.74, 6) is -0.0900. The first kappa shape index (κ1) is 20.3. The van der Waals surface area contributed by atoms with Gasteiger partial charge in [0.05, 0.1) is 13.4 Å². The maximum absolute atomic E-state index is 12.8. The highest BCUT2D eigenvalue weighted by atomic mass is 32.2. The lowest BCUT2D eigenvalue weighted by Gasteiger charge is -2.16. The third kappa shape index (κ3) is 5.11. The van der Waals surface area contributed by atoms with Crippen molar-refractivity contribution in [2.24, 2.45) is 0 Å². The Hall–Kier alpha value is -2.39. The predicted molar refractivity (Wildman–Crippen MR) is 105 cm³/mol. The molecule has 0 unspecified atom stereocenters. The van der Waals surface area contributed by atoms with E-state index in [9.17, 15) is 13.2 Å². The van der Waals surface area contributed by atoms with Gasteiger partial charge in [-0.2, -0.15) is 0 Å². The third-order valence-electron chi connectivity index (χ3n) is 4.83. The molecule has 1 aliphatic rings. The van der Waals surface area contributed by atoms with Gasteiger partial charge in [0.1, 0.15) is 10.6 Å². The number of nitrogens with one attached hydrogen (secondary N) is 2. The van der Waals surface area contributed by atoms with Crippen LogP contribution in [-0.4, -0.2) is 43.6 Å². The van der Waals surface area contributed by atoms with Crippen LogP contribution in [0.1, 0.15) is 42.5 Å². The summed E-state index contributed by atoms with van der Waals surface area (Å²) in [6.45, 7) is 1.22. The fourth-order valence-corrected chi connectivity index (χ4v) is 4.84. The van der Waals surface area contributed by atoms with E-state index in [1.54, 1.807) is 18.6 Å². The lowest BCUT2D eigenvalue weighted by atomic mass is 10.2. The summed E-state index contributed by atoms with van der Waals surface area (Å²) in [7, 11) is -2.35. The number of aromatic nitrogens is 2. The second-order valence-electron chi connectivity index (χ2n) is 6.88. The van der Waals surface area contributed by atoms with Crippen LogP contribution >= 0.6 is 0 Å². The molecule has 1 aromatic carbocycles. The number of sulfonamides is 1. The highest BCUT2D eigenvalue weighted by Crippen LogP contribution is 2.27. The number of amides is 1. The van der Waals surface area contributed by atoms with Gasteiger partial charge in [-0.05, 0) is 37.5 Å². The first-order chi connectivity index (χ1) is 13.5. The fraction of sp³-hybridized carbons (Fsp3) is 0.474. The van der Waals surface area contributed by atoms with Crippen LogP contribution in [0.25, 0.3) is 0 Å². The van der Waals surface area contributed by atoms with Crippen molar-refractivity contribution in [3.8, 4) is 5.75 Å². The molecule has 2 aromatic rings. The van der Waals surface area contributed by atoms with E-state index in [-0.39, 0.29) is 28.2 Å². The monoisotopic (exact) mass is 406 g/mol. The summed E-state index contributed by atoms with van der Waals surface area (Å²) in [4.78, 5) is 16.4. The number of carbonyl (C=O) groups excluding carboxylic acids is 1. The van der Waals surface area contributed by atoms with Crippen LogP contribution in [0.4, 0.5) is 0 Å². The van der Waals surface area contributed by atoms with Crippen LogP contribution in [0.2, 0.25) is 0 Å². The van der Waals surface area contributed by atoms with Crippen molar-refractivity contribution >= 4 is 15.9 Å². The molecule has 0 saturated heterocycles. The molecule has 0 atom stereocenters. The van der Waals surface area contributed by atoms with Crippen molar-refractivity contribution in [3.63, 3.8) is 0 Å². The second kappa shape index (κ2) is 9.20. The molecule has 1 fully saturated rings. The van der Waals surface area contributed by atoms with E-state index in [1.165, 1.54) is 19.2 Å². The van der Waals surface area contributed by atoms with Gasteiger partial charge in [0, 0.05) is 37.1 Å². The van der Waals surface area contributed by atoms with E-state index in [0.717, 1.165) is 38.6 Å². The number of carbonyl (C=O) groups is 1. The van der Waals surface area contributed by atoms with Crippen molar-refractivity contribution in [1.82, 2.24) is 19.6 Å². The van der Waals surface area contributed by atoms with Crippen molar-refractivity contribution in [1.29, 1.82) is 0 Å². The SMILES string of the molecule is COc1ccc(C(=O)NCCCn2ccnc2)cc1S(=O)(=O)NC1CCCC1. The Balaban J connectivity index is 1.66. The Morgan fingerprint density at radius 1 is 1.32 bits per heavy atom. The number of hydrogen-bond donors (Lipinski definition) is 2. The van der Waals surface area contributed by atoms with Crippen molar-refractivity contribution in [3.05, 3.63) is 42.5 Å². The number of imidazole rings is 1. The van der Waals surface area contributed by atoms with E-state index >= 15 is 0 Å². The van der Waals surface area contributed by atoms with Crippen LogP contribution in [0.15, 0.2) is 41.8 Å². The molecule has 9 heteroatoms. The summed E-state index contributed by atoms with van der Waals surface area (Å²) in [6.07, 6.45) is 9.73. The molecule has 1 aliphatic carbocycles. The Kier molecular flexibility index (Phi) is 6.69. The molecule has 3 rings (SSSR count). The number of nitrogens with zero attached hydrogens (tertiary/aromatic N) is 2. The van der Waals surface area contributed by atoms with Crippen LogP contribution in [0, 0.1) is 0 Å². The van der Waals surface area contributed by atoms with Gasteiger partial charge in [-0.25, -0.2) is 18.1 Å². The summed E-state index contributed by atoms with van der Waals surface area (Å²) in [6, 6.07) is 4.40. The maximum Gasteiger partial charge on any atom is 0.251 e. The van der Waals surface area contributed by atoms with E-state index in [4.69, 9.17) is 4.74 Å². The zero-order valence-electron chi connectivity index (χ0n) is 15.9. The highest BCUT2D eigenvalue weighted by Gasteiger charge is 2.26. The average Bonchev–Trinajstić information content (AvgIpc) is 3.38. The molecular weight excluding hydrogens is 380 g/mol. The largest absolute Gasteiger partial charge is 0.495 e. The predicted octanol–water partition coefficient (Wildman–Crippen LogP) is 1.93. The molecular formula is C19H26N4O4S. The quantitative estimate of drug-likeness (QED) is 0.620. The summed E-state index contributed by atoms with van der Waals surface area (Å²) in [5.41, 5.74) is 0.287. The molecule has 1 amide bonds. The molecule has 1 saturated carbocycles. The second-order valence-corrected chi connectivity index (χ2v) is 8.56. The molecule has 0 bridgehead atoms. The zero-order chi connectivity index (χ0) is 20.0. The Labute approximate surface area is 165 Å². The summed E-state index contributed by atoms with van der Waals surface area (Å²) >= 11 is 0. The number of rotatable bonds is 9. The molecule has 152 valence electrons. The summed E-state index contributed by atoms with van der Waals surface area (Å²) < 4.78 is 35.5. The Morgan fingerprint density at radius 2 is 2.11 bits per heavy atom. The third-order valence-corrected chi connectivity index (χ3v) is 6.37. The highest BCUT2D eigenvalue weighted by molar-refractivity contribution is 7.89. The van der Waals surface area contributed by atoms with Gasteiger partial charge < -0.3 is 14.6 Å². The number of aryl methyl sites for hydroxylation is 1. The van der Waals surface area contributed by atoms with Gasteiger partial charge in [0.25, 0.3) is 5.91 Å². The normalized spacial score (nSPS) is 14.9. The maximum atomic E-state index is 12.8. The first-order valence-electron chi connectivity index (χ1n) is 9.44. The molecule has 28 heavy (non-hydrogen) atoms. The minimum Gasteiger partial charge on any atom is -0.495 e. The minimum absolute atomic E-state index is 0.00651. The number of ether oxygens (including phenoxy) is 1. The molecule has 1 heterocycles. The standard InChI is InChI=1S/C19H26N4O4S/c1-27-17-8-7-15(19(24)21-9-4-11-23-12-10-20-14-23)13-18(17)28(25,26)22-16-5-2-3-6-16/h7-8,10,12-14,16,22H,2-6,9,11H2,1H3,(H,21,24). The van der Waals surface area contributed by atoms with Crippen molar-refractivity contribution in [2.45, 2.75) is 49.6 Å². The fourth-order valence-electron chi connectivity index (χ4n) is 3.34. The Morgan fingerprint density at radius 3 is 2.79 bits per heavy atom. The van der Waals surface area contributed by atoms with Gasteiger partial charge in [-0.3, -0.25) is 4.79 Å². The Bertz CT molecular complexity index is 891. The molecule has 2 N–H and O–H groups in total. The number of methoxy groups -OCH3 is 1. The first-order valence-corrected chi connectivity index (χ1v) is 10.9. The van der Waals surface area contributed by atoms with E-state index in [0.29, 0.717) is 6.54 Å². The van der Waals surface area contributed by atoms with Crippen LogP contribution < -0.4 is 14.8 Å². The van der Waals surface area contributed by atoms with Crippen LogP contribution in [-0.2, 0) is 16.6 Å². The van der Waals surface area contributed by atoms with Crippen molar-refractivity contribution in [2.75, 3.05) is 13.7 Å². The van der Waals surface area contributed by atoms with E-state index in [1.807, 2.05) is 10.8 Å². The van der Waals surface area contributed by atoms with Gasteiger partial charge in [-0.15, -0.1) is 0 Å². The lowest BCUT2D eigenvalue weighted by molar-refractivity contribution is 0.0952. The molecule has 0 radical (unpaired) electrons. The topological polar surface area (TPSA) is 102 Å².